The molecule has 3 rings (SSSR count). The van der Waals surface area contributed by atoms with E-state index in [9.17, 15) is 0 Å². The Hall–Kier alpha value is -1.06. The van der Waals surface area contributed by atoms with E-state index in [4.69, 9.17) is 4.74 Å². The zero-order chi connectivity index (χ0) is 16.1. The Labute approximate surface area is 141 Å². The third-order valence-corrected chi connectivity index (χ3v) is 5.22. The third-order valence-electron chi connectivity index (χ3n) is 5.22. The number of piperazine rings is 1. The second kappa shape index (κ2) is 8.16. The zero-order valence-electron chi connectivity index (χ0n) is 14.9. The summed E-state index contributed by atoms with van der Waals surface area (Å²) in [6.45, 7) is 9.21. The molecule has 0 bridgehead atoms. The minimum atomic E-state index is 0.819. The summed E-state index contributed by atoms with van der Waals surface area (Å²) in [6.07, 6.45) is 6.18. The first-order chi connectivity index (χ1) is 11.2. The summed E-state index contributed by atoms with van der Waals surface area (Å²) in [6, 6.07) is 6.80. The van der Waals surface area contributed by atoms with Gasteiger partial charge in [0.15, 0.2) is 0 Å². The summed E-state index contributed by atoms with van der Waals surface area (Å²) in [5, 5.41) is 0. The first-order valence-electron chi connectivity index (χ1n) is 9.40. The van der Waals surface area contributed by atoms with Gasteiger partial charge in [-0.1, -0.05) is 19.1 Å². The Bertz CT molecular complexity index is 490. The van der Waals surface area contributed by atoms with Crippen molar-refractivity contribution in [2.75, 3.05) is 46.4 Å². The largest absolute Gasteiger partial charge is 0.493 e. The van der Waals surface area contributed by atoms with E-state index < -0.39 is 0 Å². The smallest absolute Gasteiger partial charge is 0.122 e. The van der Waals surface area contributed by atoms with Crippen LogP contribution in [-0.2, 0) is 12.8 Å². The Morgan fingerprint density at radius 3 is 2.61 bits per heavy atom. The first-order valence-corrected chi connectivity index (χ1v) is 9.40. The van der Waals surface area contributed by atoms with E-state index in [0.717, 1.165) is 31.1 Å². The van der Waals surface area contributed by atoms with Gasteiger partial charge in [0.1, 0.15) is 5.75 Å². The number of benzene rings is 1. The van der Waals surface area contributed by atoms with Crippen molar-refractivity contribution in [1.29, 1.82) is 0 Å². The van der Waals surface area contributed by atoms with Crippen LogP contribution in [0.1, 0.15) is 37.3 Å². The molecule has 0 spiro atoms. The predicted octanol–water partition coefficient (Wildman–Crippen LogP) is 3.22. The summed E-state index contributed by atoms with van der Waals surface area (Å²) < 4.78 is 6.10. The molecule has 128 valence electrons. The molecule has 3 heteroatoms. The first kappa shape index (κ1) is 16.8. The summed E-state index contributed by atoms with van der Waals surface area (Å²) >= 11 is 0. The van der Waals surface area contributed by atoms with Crippen molar-refractivity contribution in [3.05, 3.63) is 29.3 Å². The number of ether oxygens (including phenoxy) is 1. The van der Waals surface area contributed by atoms with E-state index in [1.165, 1.54) is 63.1 Å². The molecular formula is C20H32N2O. The summed E-state index contributed by atoms with van der Waals surface area (Å²) in [5.41, 5.74) is 2.84. The second-order valence-electron chi connectivity index (χ2n) is 7.30. The molecule has 1 saturated carbocycles. The fourth-order valence-electron chi connectivity index (χ4n) is 3.25. The summed E-state index contributed by atoms with van der Waals surface area (Å²) in [4.78, 5) is 5.03. The minimum absolute atomic E-state index is 0.819. The number of aryl methyl sites for hydroxylation is 2. The van der Waals surface area contributed by atoms with E-state index in [0.29, 0.717) is 0 Å². The fourth-order valence-corrected chi connectivity index (χ4v) is 3.25. The highest BCUT2D eigenvalue weighted by molar-refractivity contribution is 5.37. The maximum Gasteiger partial charge on any atom is 0.122 e. The maximum atomic E-state index is 6.10. The fraction of sp³-hybridized carbons (Fsp3) is 0.700. The minimum Gasteiger partial charge on any atom is -0.493 e. The van der Waals surface area contributed by atoms with Crippen LogP contribution in [0.4, 0.5) is 0 Å². The normalized spacial score (nSPS) is 19.9. The van der Waals surface area contributed by atoms with Crippen LogP contribution in [-0.4, -0.2) is 56.2 Å². The second-order valence-corrected chi connectivity index (χ2v) is 7.30. The lowest BCUT2D eigenvalue weighted by Crippen LogP contribution is -2.44. The van der Waals surface area contributed by atoms with Gasteiger partial charge in [0.25, 0.3) is 0 Å². The number of hydrogen-bond donors (Lipinski definition) is 0. The molecule has 1 saturated heterocycles. The van der Waals surface area contributed by atoms with Gasteiger partial charge in [0, 0.05) is 26.2 Å². The van der Waals surface area contributed by atoms with Gasteiger partial charge in [-0.15, -0.1) is 0 Å². The van der Waals surface area contributed by atoms with Crippen LogP contribution >= 0.6 is 0 Å². The molecule has 0 radical (unpaired) electrons. The molecule has 0 unspecified atom stereocenters. The molecule has 0 aromatic heterocycles. The van der Waals surface area contributed by atoms with Crippen LogP contribution in [0.3, 0.4) is 0 Å². The molecule has 1 heterocycles. The average Bonchev–Trinajstić information content (AvgIpc) is 3.39. The molecule has 23 heavy (non-hydrogen) atoms. The van der Waals surface area contributed by atoms with Crippen molar-refractivity contribution in [3.8, 4) is 5.75 Å². The number of rotatable bonds is 8. The van der Waals surface area contributed by atoms with Gasteiger partial charge in [-0.2, -0.15) is 0 Å². The molecule has 0 amide bonds. The van der Waals surface area contributed by atoms with Crippen molar-refractivity contribution in [2.45, 2.75) is 39.0 Å². The van der Waals surface area contributed by atoms with Crippen LogP contribution in [0.2, 0.25) is 0 Å². The van der Waals surface area contributed by atoms with Crippen molar-refractivity contribution in [3.63, 3.8) is 0 Å². The maximum absolute atomic E-state index is 6.10. The van der Waals surface area contributed by atoms with Crippen molar-refractivity contribution in [1.82, 2.24) is 9.80 Å². The van der Waals surface area contributed by atoms with Crippen LogP contribution < -0.4 is 4.74 Å². The van der Waals surface area contributed by atoms with E-state index in [1.54, 1.807) is 0 Å². The van der Waals surface area contributed by atoms with Gasteiger partial charge in [0.2, 0.25) is 0 Å². The highest BCUT2D eigenvalue weighted by Crippen LogP contribution is 2.31. The molecule has 1 aliphatic heterocycles. The Morgan fingerprint density at radius 2 is 1.91 bits per heavy atom. The van der Waals surface area contributed by atoms with E-state index in [1.807, 2.05) is 0 Å². The topological polar surface area (TPSA) is 15.7 Å². The molecule has 1 aliphatic carbocycles. The highest BCUT2D eigenvalue weighted by Gasteiger charge is 2.22. The predicted molar refractivity (Wildman–Crippen MR) is 96.3 cm³/mol. The number of likely N-dealkylation sites (N-methyl/N-ethyl adjacent to an activating group) is 1. The average molecular weight is 316 g/mol. The monoisotopic (exact) mass is 316 g/mol. The molecule has 2 aliphatic rings. The van der Waals surface area contributed by atoms with Gasteiger partial charge < -0.3 is 14.5 Å². The molecule has 3 nitrogen and oxygen atoms in total. The highest BCUT2D eigenvalue weighted by atomic mass is 16.5. The van der Waals surface area contributed by atoms with E-state index in [2.05, 4.69) is 42.0 Å². The molecule has 0 N–H and O–H groups in total. The molecule has 0 atom stereocenters. The van der Waals surface area contributed by atoms with Gasteiger partial charge in [-0.3, -0.25) is 0 Å². The van der Waals surface area contributed by atoms with E-state index >= 15 is 0 Å². The molecular weight excluding hydrogens is 284 g/mol. The van der Waals surface area contributed by atoms with Crippen LogP contribution in [0, 0.1) is 5.92 Å². The van der Waals surface area contributed by atoms with Crippen molar-refractivity contribution in [2.24, 2.45) is 5.92 Å². The van der Waals surface area contributed by atoms with Crippen LogP contribution in [0.25, 0.3) is 0 Å². The zero-order valence-corrected chi connectivity index (χ0v) is 14.9. The van der Waals surface area contributed by atoms with Crippen LogP contribution in [0.5, 0.6) is 5.75 Å². The summed E-state index contributed by atoms with van der Waals surface area (Å²) in [5.74, 6) is 1.95. The van der Waals surface area contributed by atoms with Crippen molar-refractivity contribution >= 4 is 0 Å². The van der Waals surface area contributed by atoms with Crippen molar-refractivity contribution < 1.29 is 4.74 Å². The van der Waals surface area contributed by atoms with Gasteiger partial charge >= 0.3 is 0 Å². The van der Waals surface area contributed by atoms with Gasteiger partial charge in [-0.05, 0) is 68.8 Å². The summed E-state index contributed by atoms with van der Waals surface area (Å²) in [7, 11) is 2.22. The Balaban J connectivity index is 1.51. The SMILES string of the molecule is CCc1ccc(OCC2CC2)c(CCCN2CCN(C)CC2)c1. The molecule has 2 fully saturated rings. The van der Waals surface area contributed by atoms with Gasteiger partial charge in [-0.25, -0.2) is 0 Å². The van der Waals surface area contributed by atoms with Crippen LogP contribution in [0.15, 0.2) is 18.2 Å². The number of nitrogens with zero attached hydrogens (tertiary/aromatic N) is 2. The molecule has 1 aromatic carbocycles. The van der Waals surface area contributed by atoms with E-state index in [-0.39, 0.29) is 0 Å². The quantitative estimate of drug-likeness (QED) is 0.732. The standard InChI is InChI=1S/C20H32N2O/c1-3-17-8-9-20(23-16-18-6-7-18)19(15-17)5-4-10-22-13-11-21(2)12-14-22/h8-9,15,18H,3-7,10-14,16H2,1-2H3. The number of hydrogen-bond acceptors (Lipinski definition) is 3. The lowest BCUT2D eigenvalue weighted by molar-refractivity contribution is 0.153. The third kappa shape index (κ3) is 5.22. The Morgan fingerprint density at radius 1 is 1.13 bits per heavy atom. The Kier molecular flexibility index (Phi) is 5.96. The van der Waals surface area contributed by atoms with Gasteiger partial charge in [0.05, 0.1) is 6.61 Å². The molecule has 1 aromatic rings. The lowest BCUT2D eigenvalue weighted by atomic mass is 10.0. The lowest BCUT2D eigenvalue weighted by Gasteiger charge is -2.32.